The van der Waals surface area contributed by atoms with Crippen molar-refractivity contribution in [2.75, 3.05) is 17.7 Å². The lowest BCUT2D eigenvalue weighted by atomic mass is 10.1. The second-order valence-corrected chi connectivity index (χ2v) is 6.61. The average molecular weight is 423 g/mol. The van der Waals surface area contributed by atoms with Crippen molar-refractivity contribution < 1.29 is 27.1 Å². The summed E-state index contributed by atoms with van der Waals surface area (Å²) in [5.74, 6) is -0.0155. The molecule has 0 aliphatic heterocycles. The van der Waals surface area contributed by atoms with Crippen molar-refractivity contribution in [2.24, 2.45) is 0 Å². The van der Waals surface area contributed by atoms with E-state index in [1.807, 2.05) is 13.0 Å². The number of ether oxygens (including phenoxy) is 1. The number of para-hydroxylation sites is 2. The average Bonchev–Trinajstić information content (AvgIpc) is 3.15. The molecule has 6 nitrogen and oxygen atoms in total. The van der Waals surface area contributed by atoms with Gasteiger partial charge in [-0.3, -0.25) is 4.79 Å². The molecular weight excluding hydrogens is 407 g/mol. The molecule has 10 heteroatoms. The number of carbonyl (C=O) groups excluding carboxylic acids is 1. The van der Waals surface area contributed by atoms with E-state index in [9.17, 15) is 18.0 Å². The Balaban J connectivity index is 1.64. The van der Waals surface area contributed by atoms with Crippen LogP contribution in [0, 0.1) is 0 Å². The predicted molar refractivity (Wildman–Crippen MR) is 102 cm³/mol. The SMILES string of the molecule is CCOc1ccccc1-c1nnc(SCC(=O)Nc2ccccc2C(F)(F)F)o1. The summed E-state index contributed by atoms with van der Waals surface area (Å²) < 4.78 is 50.1. The van der Waals surface area contributed by atoms with E-state index in [0.29, 0.717) is 17.9 Å². The maximum Gasteiger partial charge on any atom is 0.418 e. The van der Waals surface area contributed by atoms with E-state index < -0.39 is 17.6 Å². The Morgan fingerprint density at radius 1 is 1.14 bits per heavy atom. The van der Waals surface area contributed by atoms with E-state index >= 15 is 0 Å². The van der Waals surface area contributed by atoms with Crippen molar-refractivity contribution >= 4 is 23.4 Å². The lowest BCUT2D eigenvalue weighted by molar-refractivity contribution is -0.137. The van der Waals surface area contributed by atoms with Gasteiger partial charge in [0.15, 0.2) is 0 Å². The minimum absolute atomic E-state index is 0.116. The number of anilines is 1. The maximum absolute atomic E-state index is 13.0. The molecule has 0 radical (unpaired) electrons. The van der Waals surface area contributed by atoms with Gasteiger partial charge in [0.1, 0.15) is 5.75 Å². The predicted octanol–water partition coefficient (Wildman–Crippen LogP) is 4.88. The molecule has 1 heterocycles. The fraction of sp³-hybridized carbons (Fsp3) is 0.211. The Labute approximate surface area is 168 Å². The molecule has 0 saturated heterocycles. The minimum atomic E-state index is -4.56. The van der Waals surface area contributed by atoms with Gasteiger partial charge in [-0.05, 0) is 31.2 Å². The number of thioether (sulfide) groups is 1. The first kappa shape index (κ1) is 20.7. The third-order valence-corrected chi connectivity index (χ3v) is 4.48. The van der Waals surface area contributed by atoms with Crippen LogP contribution in [0.5, 0.6) is 5.75 Å². The molecule has 0 saturated carbocycles. The van der Waals surface area contributed by atoms with Gasteiger partial charge in [-0.2, -0.15) is 13.2 Å². The van der Waals surface area contributed by atoms with Crippen LogP contribution in [-0.4, -0.2) is 28.5 Å². The summed E-state index contributed by atoms with van der Waals surface area (Å²) >= 11 is 0.921. The van der Waals surface area contributed by atoms with Crippen molar-refractivity contribution in [3.05, 3.63) is 54.1 Å². The van der Waals surface area contributed by atoms with Gasteiger partial charge in [0.2, 0.25) is 5.91 Å². The number of benzene rings is 2. The molecule has 0 aliphatic rings. The largest absolute Gasteiger partial charge is 0.493 e. The summed E-state index contributed by atoms with van der Waals surface area (Å²) in [4.78, 5) is 12.1. The van der Waals surface area contributed by atoms with Crippen LogP contribution in [0.4, 0.5) is 18.9 Å². The van der Waals surface area contributed by atoms with Crippen LogP contribution in [0.15, 0.2) is 58.2 Å². The van der Waals surface area contributed by atoms with Crippen LogP contribution in [0.3, 0.4) is 0 Å². The van der Waals surface area contributed by atoms with Gasteiger partial charge in [-0.25, -0.2) is 0 Å². The fourth-order valence-electron chi connectivity index (χ4n) is 2.45. The highest BCUT2D eigenvalue weighted by atomic mass is 32.2. The van der Waals surface area contributed by atoms with Crippen LogP contribution < -0.4 is 10.1 Å². The lowest BCUT2D eigenvalue weighted by Gasteiger charge is -2.13. The second-order valence-electron chi connectivity index (χ2n) is 5.68. The number of hydrogen-bond acceptors (Lipinski definition) is 6. The first-order valence-corrected chi connectivity index (χ1v) is 9.51. The highest BCUT2D eigenvalue weighted by molar-refractivity contribution is 7.99. The topological polar surface area (TPSA) is 77.2 Å². The van der Waals surface area contributed by atoms with Crippen molar-refractivity contribution in [1.29, 1.82) is 0 Å². The molecule has 2 aromatic carbocycles. The summed E-state index contributed by atoms with van der Waals surface area (Å²) in [6.45, 7) is 2.31. The molecule has 0 spiro atoms. The van der Waals surface area contributed by atoms with E-state index in [-0.39, 0.29) is 22.6 Å². The van der Waals surface area contributed by atoms with E-state index in [1.54, 1.807) is 18.2 Å². The zero-order chi connectivity index (χ0) is 20.9. The first-order valence-electron chi connectivity index (χ1n) is 8.53. The number of alkyl halides is 3. The molecule has 0 unspecified atom stereocenters. The highest BCUT2D eigenvalue weighted by Gasteiger charge is 2.33. The summed E-state index contributed by atoms with van der Waals surface area (Å²) in [5, 5.41) is 10.2. The molecule has 0 fully saturated rings. The van der Waals surface area contributed by atoms with Crippen LogP contribution in [0.2, 0.25) is 0 Å². The van der Waals surface area contributed by atoms with Gasteiger partial charge in [-0.15, -0.1) is 10.2 Å². The second kappa shape index (κ2) is 8.99. The first-order chi connectivity index (χ1) is 13.9. The number of nitrogens with zero attached hydrogens (tertiary/aromatic N) is 2. The highest BCUT2D eigenvalue weighted by Crippen LogP contribution is 2.35. The minimum Gasteiger partial charge on any atom is -0.493 e. The number of aromatic nitrogens is 2. The molecule has 152 valence electrons. The molecule has 0 aliphatic carbocycles. The molecule has 1 aromatic heterocycles. The molecule has 3 rings (SSSR count). The van der Waals surface area contributed by atoms with Crippen LogP contribution >= 0.6 is 11.8 Å². The van der Waals surface area contributed by atoms with Crippen LogP contribution in [-0.2, 0) is 11.0 Å². The number of amides is 1. The molecule has 29 heavy (non-hydrogen) atoms. The molecule has 3 aromatic rings. The smallest absolute Gasteiger partial charge is 0.418 e. The Bertz CT molecular complexity index is 992. The molecule has 0 atom stereocenters. The lowest BCUT2D eigenvalue weighted by Crippen LogP contribution is -2.18. The monoisotopic (exact) mass is 423 g/mol. The quantitative estimate of drug-likeness (QED) is 0.546. The summed E-state index contributed by atoms with van der Waals surface area (Å²) in [5.41, 5.74) is -0.606. The Morgan fingerprint density at radius 3 is 2.62 bits per heavy atom. The number of nitrogens with one attached hydrogen (secondary N) is 1. The summed E-state index contributed by atoms with van der Waals surface area (Å²) in [6, 6.07) is 11.9. The maximum atomic E-state index is 13.0. The van der Waals surface area contributed by atoms with Crippen molar-refractivity contribution in [2.45, 2.75) is 18.3 Å². The number of hydrogen-bond donors (Lipinski definition) is 1. The summed E-state index contributed by atoms with van der Waals surface area (Å²) in [6.07, 6.45) is -4.56. The van der Waals surface area contributed by atoms with Gasteiger partial charge in [0, 0.05) is 0 Å². The number of rotatable bonds is 7. The summed E-state index contributed by atoms with van der Waals surface area (Å²) in [7, 11) is 0. The van der Waals surface area contributed by atoms with E-state index in [1.165, 1.54) is 18.2 Å². The van der Waals surface area contributed by atoms with Crippen molar-refractivity contribution in [3.8, 4) is 17.2 Å². The Morgan fingerprint density at radius 2 is 1.86 bits per heavy atom. The van der Waals surface area contributed by atoms with Crippen molar-refractivity contribution in [3.63, 3.8) is 0 Å². The van der Waals surface area contributed by atoms with E-state index in [2.05, 4.69) is 15.5 Å². The van der Waals surface area contributed by atoms with Gasteiger partial charge in [0.25, 0.3) is 11.1 Å². The zero-order valence-electron chi connectivity index (χ0n) is 15.2. The third kappa shape index (κ3) is 5.29. The normalized spacial score (nSPS) is 11.3. The van der Waals surface area contributed by atoms with Gasteiger partial charge >= 0.3 is 6.18 Å². The van der Waals surface area contributed by atoms with Gasteiger partial charge in [-0.1, -0.05) is 36.0 Å². The third-order valence-electron chi connectivity index (χ3n) is 3.66. The standard InChI is InChI=1S/C19H16F3N3O3S/c1-2-27-15-10-6-3-7-12(15)17-24-25-18(28-17)29-11-16(26)23-14-9-5-4-8-13(14)19(20,21)22/h3-10H,2,11H2,1H3,(H,23,26). The fourth-order valence-corrected chi connectivity index (χ4v) is 3.02. The molecular formula is C19H16F3N3O3S. The molecule has 0 bridgehead atoms. The molecule has 1 N–H and O–H groups in total. The van der Waals surface area contributed by atoms with Crippen LogP contribution in [0.25, 0.3) is 11.5 Å². The van der Waals surface area contributed by atoms with Crippen molar-refractivity contribution in [1.82, 2.24) is 10.2 Å². The number of halogens is 3. The molecule has 1 amide bonds. The van der Waals surface area contributed by atoms with Gasteiger partial charge < -0.3 is 14.5 Å². The van der Waals surface area contributed by atoms with Crippen LogP contribution in [0.1, 0.15) is 12.5 Å². The zero-order valence-corrected chi connectivity index (χ0v) is 16.0. The number of carbonyl (C=O) groups is 1. The van der Waals surface area contributed by atoms with Gasteiger partial charge in [0.05, 0.1) is 29.2 Å². The van der Waals surface area contributed by atoms with E-state index in [0.717, 1.165) is 17.8 Å². The Hall–Kier alpha value is -3.01. The Kier molecular flexibility index (Phi) is 6.42. The van der Waals surface area contributed by atoms with E-state index in [4.69, 9.17) is 9.15 Å².